The Hall–Kier alpha value is -4.29. The smallest absolute Gasteiger partial charge is 0.258 e. The number of nitrogens with zero attached hydrogens (tertiary/aromatic N) is 2. The van der Waals surface area contributed by atoms with Crippen LogP contribution in [0.2, 0.25) is 0 Å². The van der Waals surface area contributed by atoms with Gasteiger partial charge < -0.3 is 5.11 Å². The highest BCUT2D eigenvalue weighted by molar-refractivity contribution is 6.58. The summed E-state index contributed by atoms with van der Waals surface area (Å²) in [7, 11) is 0. The van der Waals surface area contributed by atoms with Gasteiger partial charge in [0.25, 0.3) is 11.8 Å². The van der Waals surface area contributed by atoms with Crippen LogP contribution in [-0.4, -0.2) is 38.5 Å². The molecule has 14 heteroatoms. The highest BCUT2D eigenvalue weighted by Gasteiger charge is 2.77. The second-order valence-electron chi connectivity index (χ2n) is 11.6. The van der Waals surface area contributed by atoms with E-state index in [2.05, 4.69) is 0 Å². The van der Waals surface area contributed by atoms with Crippen molar-refractivity contribution < 1.29 is 46.2 Å². The van der Waals surface area contributed by atoms with E-state index in [0.29, 0.717) is 11.3 Å². The number of carbonyl (C=O) groups is 4. The number of halogens is 7. The Labute approximate surface area is 266 Å². The number of amides is 4. The third kappa shape index (κ3) is 3.71. The summed E-state index contributed by atoms with van der Waals surface area (Å²) in [4.78, 5) is 51.5. The fourth-order valence-electron chi connectivity index (χ4n) is 7.44. The van der Waals surface area contributed by atoms with Gasteiger partial charge in [-0.15, -0.1) is 23.2 Å². The average Bonchev–Trinajstić information content (AvgIpc) is 3.38. The summed E-state index contributed by atoms with van der Waals surface area (Å²) in [6.45, 7) is 0. The third-order valence-electron chi connectivity index (χ3n) is 9.46. The second-order valence-corrected chi connectivity index (χ2v) is 12.9. The molecule has 3 fully saturated rings. The Morgan fingerprint density at radius 1 is 0.717 bits per heavy atom. The number of hydrogen-bond acceptors (Lipinski definition) is 5. The predicted octanol–water partition coefficient (Wildman–Crippen LogP) is 5.86. The number of fused-ring (bicyclic) bond motifs is 4. The summed E-state index contributed by atoms with van der Waals surface area (Å²) in [6.07, 6.45) is 1.02. The van der Waals surface area contributed by atoms with Gasteiger partial charge in [-0.3, -0.25) is 24.1 Å². The van der Waals surface area contributed by atoms with Crippen molar-refractivity contribution in [3.05, 3.63) is 101 Å². The van der Waals surface area contributed by atoms with E-state index >= 15 is 8.78 Å². The van der Waals surface area contributed by atoms with E-state index in [1.807, 2.05) is 0 Å². The van der Waals surface area contributed by atoms with Gasteiger partial charge in [0.2, 0.25) is 17.6 Å². The Morgan fingerprint density at radius 2 is 1.30 bits per heavy atom. The first-order valence-electron chi connectivity index (χ1n) is 14.0. The van der Waals surface area contributed by atoms with Gasteiger partial charge in [-0.05, 0) is 48.6 Å². The lowest BCUT2D eigenvalue weighted by atomic mass is 9.56. The first kappa shape index (κ1) is 30.4. The standard InChI is InChI=1S/C32H19Cl2F5N2O5/c33-31-12-18-16(10-11-17-19(18)28(44)40(27(17)43)14-4-2-1-3-5-14)20(13-6-8-15(42)9-7-13)32(31,34)30(46)41(29(31)45)26-24(38)22(36)21(35)23(37)25(26)39/h1-10,17-20,42H,11-12H2. The largest absolute Gasteiger partial charge is 0.508 e. The molecule has 46 heavy (non-hydrogen) atoms. The van der Waals surface area contributed by atoms with Crippen molar-refractivity contribution in [2.75, 3.05) is 9.80 Å². The van der Waals surface area contributed by atoms with E-state index in [4.69, 9.17) is 23.2 Å². The molecule has 0 spiro atoms. The lowest BCUT2D eigenvalue weighted by Gasteiger charge is -2.50. The molecule has 2 aliphatic carbocycles. The molecule has 3 aromatic carbocycles. The minimum Gasteiger partial charge on any atom is -0.508 e. The topological polar surface area (TPSA) is 95.0 Å². The molecule has 0 radical (unpaired) electrons. The number of allylic oxidation sites excluding steroid dienone is 2. The van der Waals surface area contributed by atoms with E-state index in [1.54, 1.807) is 36.4 Å². The fourth-order valence-corrected chi connectivity index (χ4v) is 8.37. The van der Waals surface area contributed by atoms with Crippen LogP contribution in [0, 0.1) is 46.8 Å². The van der Waals surface area contributed by atoms with Crippen LogP contribution in [0.5, 0.6) is 5.75 Å². The van der Waals surface area contributed by atoms with Crippen LogP contribution in [0.3, 0.4) is 0 Å². The fraction of sp³-hybridized carbons (Fsp3) is 0.250. The van der Waals surface area contributed by atoms with E-state index < -0.39 is 98.2 Å². The number of benzene rings is 3. The first-order chi connectivity index (χ1) is 21.8. The number of carbonyl (C=O) groups excluding carboxylic acids is 4. The minimum absolute atomic E-state index is 0.0186. The number of hydrogen-bond donors (Lipinski definition) is 1. The average molecular weight is 677 g/mol. The lowest BCUT2D eigenvalue weighted by Crippen LogP contribution is -2.60. The van der Waals surface area contributed by atoms with Gasteiger partial charge >= 0.3 is 0 Å². The molecule has 1 saturated carbocycles. The number of alkyl halides is 2. The SMILES string of the molecule is O=C1C2CC=C3C(CC4(Cl)C(=O)N(c5c(F)c(F)c(F)c(F)c5F)C(=O)C4(Cl)C3c3ccc(O)cc3)C2C(=O)N1c1ccccc1. The maximum atomic E-state index is 15.1. The van der Waals surface area contributed by atoms with Gasteiger partial charge in [0, 0.05) is 5.92 Å². The molecule has 4 amide bonds. The van der Waals surface area contributed by atoms with Crippen LogP contribution >= 0.6 is 23.2 Å². The summed E-state index contributed by atoms with van der Waals surface area (Å²) in [5, 5.41) is 9.96. The zero-order valence-corrected chi connectivity index (χ0v) is 24.6. The van der Waals surface area contributed by atoms with Crippen molar-refractivity contribution in [1.82, 2.24) is 0 Å². The van der Waals surface area contributed by atoms with Crippen molar-refractivity contribution in [1.29, 1.82) is 0 Å². The monoisotopic (exact) mass is 676 g/mol. The second kappa shape index (κ2) is 10.1. The minimum atomic E-state index is -2.62. The van der Waals surface area contributed by atoms with E-state index in [0.717, 1.165) is 4.90 Å². The van der Waals surface area contributed by atoms with Crippen LogP contribution in [0.15, 0.2) is 66.2 Å². The summed E-state index contributed by atoms with van der Waals surface area (Å²) in [6, 6.07) is 13.3. The molecule has 6 atom stereocenters. The summed E-state index contributed by atoms with van der Waals surface area (Å²) >= 11 is 14.1. The van der Waals surface area contributed by atoms with Gasteiger partial charge in [0.1, 0.15) is 11.4 Å². The van der Waals surface area contributed by atoms with Crippen LogP contribution in [0.1, 0.15) is 24.3 Å². The van der Waals surface area contributed by atoms with Gasteiger partial charge in [-0.25, -0.2) is 26.9 Å². The molecule has 0 aromatic heterocycles. The maximum absolute atomic E-state index is 15.1. The summed E-state index contributed by atoms with van der Waals surface area (Å²) in [5.74, 6) is -21.1. The number of aromatic hydroxyl groups is 1. The van der Waals surface area contributed by atoms with Crippen LogP contribution in [0.25, 0.3) is 0 Å². The lowest BCUT2D eigenvalue weighted by molar-refractivity contribution is -0.125. The molecule has 236 valence electrons. The third-order valence-corrected chi connectivity index (χ3v) is 10.9. The predicted molar refractivity (Wildman–Crippen MR) is 153 cm³/mol. The van der Waals surface area contributed by atoms with Crippen molar-refractivity contribution in [2.24, 2.45) is 17.8 Å². The van der Waals surface area contributed by atoms with Gasteiger partial charge in [-0.2, -0.15) is 0 Å². The van der Waals surface area contributed by atoms with E-state index in [-0.39, 0.29) is 22.6 Å². The Morgan fingerprint density at radius 3 is 1.91 bits per heavy atom. The first-order valence-corrected chi connectivity index (χ1v) is 14.7. The number of phenolic OH excluding ortho intramolecular Hbond substituents is 1. The highest BCUT2D eigenvalue weighted by atomic mass is 35.5. The van der Waals surface area contributed by atoms with Gasteiger partial charge in [0.05, 0.1) is 17.5 Å². The quantitative estimate of drug-likeness (QED) is 0.0938. The molecule has 2 saturated heterocycles. The molecule has 3 aromatic rings. The van der Waals surface area contributed by atoms with Crippen molar-refractivity contribution in [3.8, 4) is 5.75 Å². The van der Waals surface area contributed by atoms with Crippen molar-refractivity contribution in [3.63, 3.8) is 0 Å². The number of anilines is 2. The summed E-state index contributed by atoms with van der Waals surface area (Å²) in [5.41, 5.74) is -1.04. The Kier molecular flexibility index (Phi) is 6.67. The summed E-state index contributed by atoms with van der Waals surface area (Å²) < 4.78 is 72.7. The van der Waals surface area contributed by atoms with E-state index in [1.165, 1.54) is 24.3 Å². The zero-order chi connectivity index (χ0) is 33.0. The van der Waals surface area contributed by atoms with Crippen LogP contribution in [-0.2, 0) is 19.2 Å². The molecule has 2 heterocycles. The van der Waals surface area contributed by atoms with Gasteiger partial charge in [0.15, 0.2) is 33.0 Å². The van der Waals surface area contributed by atoms with E-state index in [9.17, 15) is 37.5 Å². The number of imide groups is 2. The van der Waals surface area contributed by atoms with Crippen LogP contribution in [0.4, 0.5) is 33.3 Å². The van der Waals surface area contributed by atoms with Crippen molar-refractivity contribution in [2.45, 2.75) is 28.5 Å². The maximum Gasteiger partial charge on any atom is 0.258 e. The normalized spacial score (nSPS) is 30.4. The molecular formula is C32H19Cl2F5N2O5. The molecular weight excluding hydrogens is 658 g/mol. The zero-order valence-electron chi connectivity index (χ0n) is 23.1. The molecule has 0 bridgehead atoms. The Bertz CT molecular complexity index is 1900. The molecule has 6 unspecified atom stereocenters. The number of para-hydroxylation sites is 1. The molecule has 1 N–H and O–H groups in total. The highest BCUT2D eigenvalue weighted by Crippen LogP contribution is 2.66. The van der Waals surface area contributed by atoms with Gasteiger partial charge in [-0.1, -0.05) is 42.0 Å². The molecule has 2 aliphatic heterocycles. The Balaban J connectivity index is 1.43. The number of rotatable bonds is 3. The molecule has 7 nitrogen and oxygen atoms in total. The molecule has 4 aliphatic rings. The van der Waals surface area contributed by atoms with Crippen LogP contribution < -0.4 is 9.80 Å². The number of phenols is 1. The van der Waals surface area contributed by atoms with Crippen molar-refractivity contribution >= 4 is 58.2 Å². The molecule has 7 rings (SSSR count).